The Balaban J connectivity index is 1.75. The summed E-state index contributed by atoms with van der Waals surface area (Å²) >= 11 is 1.47. The molecule has 0 aliphatic heterocycles. The second-order valence-corrected chi connectivity index (χ2v) is 10.5. The molecule has 0 aromatic carbocycles. The zero-order valence-electron chi connectivity index (χ0n) is 20.0. The molecule has 10 nitrogen and oxygen atoms in total. The number of nitrogens with one attached hydrogen (secondary N) is 2. The number of hydrogen-bond donors (Lipinski definition) is 5. The summed E-state index contributed by atoms with van der Waals surface area (Å²) in [6.45, 7) is 7.56. The van der Waals surface area contributed by atoms with Gasteiger partial charge in [0.15, 0.2) is 5.72 Å². The molecule has 0 bridgehead atoms. The van der Waals surface area contributed by atoms with Crippen LogP contribution in [0.3, 0.4) is 0 Å². The van der Waals surface area contributed by atoms with Crippen molar-refractivity contribution in [1.82, 2.24) is 19.9 Å². The molecule has 3 heterocycles. The molecule has 1 aliphatic carbocycles. The van der Waals surface area contributed by atoms with Gasteiger partial charge in [-0.1, -0.05) is 0 Å². The molecule has 1 fully saturated rings. The molecule has 0 spiro atoms. The van der Waals surface area contributed by atoms with Crippen LogP contribution in [-0.4, -0.2) is 72.4 Å². The van der Waals surface area contributed by atoms with Gasteiger partial charge in [0.2, 0.25) is 5.95 Å². The van der Waals surface area contributed by atoms with Crippen LogP contribution in [0.5, 0.6) is 0 Å². The molecule has 4 rings (SSSR count). The lowest BCUT2D eigenvalue weighted by atomic mass is 9.87. The zero-order valence-corrected chi connectivity index (χ0v) is 20.8. The van der Waals surface area contributed by atoms with E-state index in [1.165, 1.54) is 11.3 Å². The molecule has 0 amide bonds. The van der Waals surface area contributed by atoms with Gasteiger partial charge in [-0.05, 0) is 46.6 Å². The SMILES string of the molecule is COC(C)CNc1nc(C)c(-c2nc3cnccc3s2)c(NC2(O)CCC(C(C)(C)O)C2O)n1. The van der Waals surface area contributed by atoms with Crippen molar-refractivity contribution in [2.24, 2.45) is 5.92 Å². The first kappa shape index (κ1) is 24.7. The fourth-order valence-electron chi connectivity index (χ4n) is 4.30. The van der Waals surface area contributed by atoms with Crippen LogP contribution in [0.15, 0.2) is 18.5 Å². The summed E-state index contributed by atoms with van der Waals surface area (Å²) < 4.78 is 6.26. The Morgan fingerprint density at radius 2 is 2.09 bits per heavy atom. The largest absolute Gasteiger partial charge is 0.390 e. The number of rotatable bonds is 8. The molecule has 0 saturated heterocycles. The highest BCUT2D eigenvalue weighted by Gasteiger charge is 2.52. The number of ether oxygens (including phenoxy) is 1. The van der Waals surface area contributed by atoms with E-state index in [0.717, 1.165) is 10.2 Å². The molecule has 1 aliphatic rings. The average molecular weight is 489 g/mol. The third-order valence-corrected chi connectivity index (χ3v) is 7.45. The Bertz CT molecular complexity index is 1130. The van der Waals surface area contributed by atoms with Crippen molar-refractivity contribution in [3.05, 3.63) is 24.2 Å². The number of methoxy groups -OCH3 is 1. The quantitative estimate of drug-likeness (QED) is 0.300. The van der Waals surface area contributed by atoms with E-state index in [4.69, 9.17) is 9.72 Å². The zero-order chi connectivity index (χ0) is 24.7. The smallest absolute Gasteiger partial charge is 0.224 e. The summed E-state index contributed by atoms with van der Waals surface area (Å²) in [7, 11) is 1.63. The highest BCUT2D eigenvalue weighted by atomic mass is 32.1. The van der Waals surface area contributed by atoms with Gasteiger partial charge in [-0.15, -0.1) is 11.3 Å². The molecular formula is C23H32N6O4S. The molecule has 34 heavy (non-hydrogen) atoms. The number of aromatic nitrogens is 4. The van der Waals surface area contributed by atoms with Gasteiger partial charge in [-0.25, -0.2) is 9.97 Å². The first-order chi connectivity index (χ1) is 16.0. The van der Waals surface area contributed by atoms with Crippen LogP contribution in [-0.2, 0) is 4.74 Å². The molecule has 3 aromatic heterocycles. The second kappa shape index (κ2) is 9.31. The molecule has 4 unspecified atom stereocenters. The predicted octanol–water partition coefficient (Wildman–Crippen LogP) is 2.55. The molecule has 11 heteroatoms. The van der Waals surface area contributed by atoms with Gasteiger partial charge < -0.3 is 30.7 Å². The van der Waals surface area contributed by atoms with Crippen LogP contribution < -0.4 is 10.6 Å². The van der Waals surface area contributed by atoms with Crippen LogP contribution in [0.25, 0.3) is 20.8 Å². The lowest BCUT2D eigenvalue weighted by Crippen LogP contribution is -2.51. The maximum atomic E-state index is 11.4. The number of anilines is 2. The Labute approximate surface area is 202 Å². The average Bonchev–Trinajstić information content (AvgIpc) is 3.32. The van der Waals surface area contributed by atoms with Crippen molar-refractivity contribution in [3.63, 3.8) is 0 Å². The van der Waals surface area contributed by atoms with Gasteiger partial charge in [0.25, 0.3) is 0 Å². The summed E-state index contributed by atoms with van der Waals surface area (Å²) in [6.07, 6.45) is 2.87. The van der Waals surface area contributed by atoms with E-state index in [0.29, 0.717) is 41.0 Å². The molecule has 0 radical (unpaired) electrons. The summed E-state index contributed by atoms with van der Waals surface area (Å²) in [6, 6.07) is 1.89. The van der Waals surface area contributed by atoms with E-state index in [1.54, 1.807) is 33.4 Å². The van der Waals surface area contributed by atoms with Crippen molar-refractivity contribution < 1.29 is 20.1 Å². The Morgan fingerprint density at radius 1 is 1.32 bits per heavy atom. The lowest BCUT2D eigenvalue weighted by molar-refractivity contribution is -0.0926. The summed E-state index contributed by atoms with van der Waals surface area (Å²) in [5.41, 5.74) is -0.758. The van der Waals surface area contributed by atoms with Crippen LogP contribution >= 0.6 is 11.3 Å². The van der Waals surface area contributed by atoms with Crippen molar-refractivity contribution in [1.29, 1.82) is 0 Å². The minimum atomic E-state index is -1.67. The van der Waals surface area contributed by atoms with E-state index < -0.39 is 23.3 Å². The summed E-state index contributed by atoms with van der Waals surface area (Å²) in [5, 5.41) is 39.8. The first-order valence-corrected chi connectivity index (χ1v) is 12.1. The van der Waals surface area contributed by atoms with Gasteiger partial charge in [0.05, 0.1) is 33.9 Å². The van der Waals surface area contributed by atoms with Crippen molar-refractivity contribution in [3.8, 4) is 10.6 Å². The normalized spacial score (nSPS) is 23.9. The van der Waals surface area contributed by atoms with Gasteiger partial charge in [-0.2, -0.15) is 4.98 Å². The highest BCUT2D eigenvalue weighted by molar-refractivity contribution is 7.21. The number of aliphatic hydroxyl groups is 3. The van der Waals surface area contributed by atoms with Crippen LogP contribution in [0.4, 0.5) is 11.8 Å². The molecule has 184 valence electrons. The Morgan fingerprint density at radius 3 is 2.74 bits per heavy atom. The minimum Gasteiger partial charge on any atom is -0.390 e. The van der Waals surface area contributed by atoms with E-state index in [1.807, 2.05) is 19.9 Å². The third-order valence-electron chi connectivity index (χ3n) is 6.39. The van der Waals surface area contributed by atoms with Crippen LogP contribution in [0, 0.1) is 12.8 Å². The van der Waals surface area contributed by atoms with E-state index in [-0.39, 0.29) is 12.5 Å². The van der Waals surface area contributed by atoms with Crippen molar-refractivity contribution in [2.75, 3.05) is 24.3 Å². The lowest BCUT2D eigenvalue weighted by Gasteiger charge is -2.34. The van der Waals surface area contributed by atoms with E-state index >= 15 is 0 Å². The summed E-state index contributed by atoms with van der Waals surface area (Å²) in [5.74, 6) is 0.223. The first-order valence-electron chi connectivity index (χ1n) is 11.3. The van der Waals surface area contributed by atoms with E-state index in [2.05, 4.69) is 25.6 Å². The number of thiazole rings is 1. The predicted molar refractivity (Wildman–Crippen MR) is 132 cm³/mol. The maximum Gasteiger partial charge on any atom is 0.224 e. The molecule has 1 saturated carbocycles. The van der Waals surface area contributed by atoms with Gasteiger partial charge in [0, 0.05) is 25.8 Å². The third kappa shape index (κ3) is 4.84. The maximum absolute atomic E-state index is 11.4. The van der Waals surface area contributed by atoms with E-state index in [9.17, 15) is 15.3 Å². The fourth-order valence-corrected chi connectivity index (χ4v) is 5.33. The number of fused-ring (bicyclic) bond motifs is 1. The molecule has 4 atom stereocenters. The Kier molecular flexibility index (Phi) is 6.76. The number of aliphatic hydroxyl groups excluding tert-OH is 1. The summed E-state index contributed by atoms with van der Waals surface area (Å²) in [4.78, 5) is 18.1. The van der Waals surface area contributed by atoms with Crippen molar-refractivity contribution in [2.45, 2.75) is 64.1 Å². The molecule has 3 aromatic rings. The number of pyridine rings is 1. The molecular weight excluding hydrogens is 456 g/mol. The van der Waals surface area contributed by atoms with Gasteiger partial charge >= 0.3 is 0 Å². The van der Waals surface area contributed by atoms with Crippen LogP contribution in [0.2, 0.25) is 0 Å². The number of nitrogens with zero attached hydrogens (tertiary/aromatic N) is 4. The highest BCUT2D eigenvalue weighted by Crippen LogP contribution is 2.43. The Hall–Kier alpha value is -2.44. The standard InChI is InChI=1S/C23H32N6O4S/c1-12(33-5)10-25-21-26-13(2)17(20-27-15-11-24-9-7-16(15)34-20)19(28-21)29-23(32)8-6-14(18(23)30)22(3,4)31/h7,9,11-12,14,18,30-32H,6,8,10H2,1-5H3,(H2,25,26,28,29). The second-order valence-electron chi connectivity index (χ2n) is 9.44. The number of aryl methyl sites for hydroxylation is 1. The van der Waals surface area contributed by atoms with Gasteiger partial charge in [-0.3, -0.25) is 4.98 Å². The number of hydrogen-bond acceptors (Lipinski definition) is 11. The monoisotopic (exact) mass is 488 g/mol. The topological polar surface area (TPSA) is 146 Å². The fraction of sp³-hybridized carbons (Fsp3) is 0.565. The van der Waals surface area contributed by atoms with Crippen molar-refractivity contribution >= 4 is 33.3 Å². The van der Waals surface area contributed by atoms with Gasteiger partial charge in [0.1, 0.15) is 22.4 Å². The minimum absolute atomic E-state index is 0.0508. The molecule has 5 N–H and O–H groups in total. The van der Waals surface area contributed by atoms with Crippen LogP contribution in [0.1, 0.15) is 39.3 Å².